The van der Waals surface area contributed by atoms with E-state index in [2.05, 4.69) is 29.6 Å². The minimum absolute atomic E-state index is 0.0507. The van der Waals surface area contributed by atoms with E-state index in [4.69, 9.17) is 0 Å². The van der Waals surface area contributed by atoms with Crippen LogP contribution in [0.25, 0.3) is 0 Å². The Labute approximate surface area is 135 Å². The molecule has 3 heteroatoms. The van der Waals surface area contributed by atoms with Crippen molar-refractivity contribution < 1.29 is 9.90 Å². The summed E-state index contributed by atoms with van der Waals surface area (Å²) >= 11 is 0. The third kappa shape index (κ3) is 1.89. The second kappa shape index (κ2) is 4.68. The van der Waals surface area contributed by atoms with E-state index in [0.29, 0.717) is 18.3 Å². The summed E-state index contributed by atoms with van der Waals surface area (Å²) < 4.78 is 0. The molecular weight excluding hydrogens is 286 g/mol. The summed E-state index contributed by atoms with van der Waals surface area (Å²) in [5.41, 5.74) is 4.80. The van der Waals surface area contributed by atoms with Gasteiger partial charge in [-0.25, -0.2) is 0 Å². The SMILES string of the molecule is O=C(NC1CC(O)c2ccccc21)C1C2Cc3ccccc3C21. The number of amides is 1. The second-order valence-corrected chi connectivity index (χ2v) is 7.06. The molecule has 5 rings (SSSR count). The summed E-state index contributed by atoms with van der Waals surface area (Å²) in [6.07, 6.45) is 1.16. The molecule has 0 aromatic heterocycles. The van der Waals surface area contributed by atoms with Gasteiger partial charge in [-0.15, -0.1) is 0 Å². The van der Waals surface area contributed by atoms with E-state index in [1.165, 1.54) is 11.1 Å². The number of fused-ring (bicyclic) bond motifs is 4. The molecule has 1 amide bonds. The molecule has 2 aromatic carbocycles. The van der Waals surface area contributed by atoms with Crippen molar-refractivity contribution in [3.63, 3.8) is 0 Å². The lowest BCUT2D eigenvalue weighted by Gasteiger charge is -2.15. The van der Waals surface area contributed by atoms with Crippen LogP contribution in [0.2, 0.25) is 0 Å². The Morgan fingerprint density at radius 3 is 2.52 bits per heavy atom. The highest BCUT2D eigenvalue weighted by Crippen LogP contribution is 2.61. The zero-order valence-corrected chi connectivity index (χ0v) is 12.8. The Morgan fingerprint density at radius 1 is 1.00 bits per heavy atom. The average Bonchev–Trinajstić information content (AvgIpc) is 3.02. The third-order valence-corrected chi connectivity index (χ3v) is 5.85. The van der Waals surface area contributed by atoms with Crippen LogP contribution >= 0.6 is 0 Å². The molecule has 1 saturated carbocycles. The minimum atomic E-state index is -0.462. The van der Waals surface area contributed by atoms with Crippen LogP contribution < -0.4 is 5.32 Å². The third-order valence-electron chi connectivity index (χ3n) is 5.85. The van der Waals surface area contributed by atoms with Gasteiger partial charge in [0.1, 0.15) is 0 Å². The van der Waals surface area contributed by atoms with Crippen LogP contribution in [0.3, 0.4) is 0 Å². The van der Waals surface area contributed by atoms with Crippen molar-refractivity contribution in [2.45, 2.75) is 30.9 Å². The molecule has 2 N–H and O–H groups in total. The van der Waals surface area contributed by atoms with Crippen molar-refractivity contribution in [1.82, 2.24) is 5.32 Å². The van der Waals surface area contributed by atoms with Crippen molar-refractivity contribution in [3.05, 3.63) is 70.8 Å². The molecule has 1 fully saturated rings. The van der Waals surface area contributed by atoms with E-state index in [-0.39, 0.29) is 17.9 Å². The minimum Gasteiger partial charge on any atom is -0.388 e. The van der Waals surface area contributed by atoms with Crippen LogP contribution in [-0.2, 0) is 11.2 Å². The molecule has 3 aliphatic carbocycles. The van der Waals surface area contributed by atoms with E-state index in [1.807, 2.05) is 24.3 Å². The zero-order valence-electron chi connectivity index (χ0n) is 12.8. The van der Waals surface area contributed by atoms with E-state index < -0.39 is 6.10 Å². The molecule has 5 unspecified atom stereocenters. The zero-order chi connectivity index (χ0) is 15.6. The predicted octanol–water partition coefficient (Wildman–Crippen LogP) is 2.87. The average molecular weight is 305 g/mol. The first-order valence-electron chi connectivity index (χ1n) is 8.39. The summed E-state index contributed by atoms with van der Waals surface area (Å²) in [5, 5.41) is 13.3. The smallest absolute Gasteiger partial charge is 0.224 e. The lowest BCUT2D eigenvalue weighted by atomic mass is 10.0. The number of carbonyl (C=O) groups excluding carboxylic acids is 1. The topological polar surface area (TPSA) is 49.3 Å². The Hall–Kier alpha value is -2.13. The number of benzene rings is 2. The van der Waals surface area contributed by atoms with Gasteiger partial charge in [0.05, 0.1) is 12.1 Å². The van der Waals surface area contributed by atoms with Crippen LogP contribution in [0, 0.1) is 11.8 Å². The molecule has 3 aliphatic rings. The number of aliphatic hydroxyl groups is 1. The standard InChI is InChI=1S/C20H19NO2/c22-17-10-16(13-7-3-4-8-14(13)17)21-20(23)19-15-9-11-5-1-2-6-12(11)18(15)19/h1-8,15-19,22H,9-10H2,(H,21,23). The maximum atomic E-state index is 12.7. The molecule has 0 bridgehead atoms. The first-order valence-corrected chi connectivity index (χ1v) is 8.39. The molecule has 2 aromatic rings. The first kappa shape index (κ1) is 13.3. The van der Waals surface area contributed by atoms with E-state index in [9.17, 15) is 9.90 Å². The summed E-state index contributed by atoms with van der Waals surface area (Å²) in [6.45, 7) is 0. The summed E-state index contributed by atoms with van der Waals surface area (Å²) in [6, 6.07) is 16.3. The van der Waals surface area contributed by atoms with Crippen molar-refractivity contribution in [2.24, 2.45) is 11.8 Å². The van der Waals surface area contributed by atoms with Gasteiger partial charge in [0.2, 0.25) is 5.91 Å². The highest BCUT2D eigenvalue weighted by atomic mass is 16.3. The van der Waals surface area contributed by atoms with Crippen molar-refractivity contribution in [3.8, 4) is 0 Å². The number of nitrogens with one attached hydrogen (secondary N) is 1. The van der Waals surface area contributed by atoms with Crippen LogP contribution in [0.4, 0.5) is 0 Å². The van der Waals surface area contributed by atoms with Crippen LogP contribution in [0.15, 0.2) is 48.5 Å². The van der Waals surface area contributed by atoms with Gasteiger partial charge in [0.25, 0.3) is 0 Å². The summed E-state index contributed by atoms with van der Waals surface area (Å²) in [5.74, 6) is 1.17. The molecule has 5 atom stereocenters. The fourth-order valence-electron chi connectivity index (χ4n) is 4.72. The normalized spacial score (nSPS) is 32.8. The molecule has 0 aliphatic heterocycles. The number of carbonyl (C=O) groups is 1. The van der Waals surface area contributed by atoms with Crippen molar-refractivity contribution in [1.29, 1.82) is 0 Å². The van der Waals surface area contributed by atoms with Gasteiger partial charge >= 0.3 is 0 Å². The number of hydrogen-bond acceptors (Lipinski definition) is 2. The van der Waals surface area contributed by atoms with Crippen LogP contribution in [-0.4, -0.2) is 11.0 Å². The van der Waals surface area contributed by atoms with E-state index in [1.54, 1.807) is 0 Å². The maximum absolute atomic E-state index is 12.7. The predicted molar refractivity (Wildman–Crippen MR) is 86.8 cm³/mol. The lowest BCUT2D eigenvalue weighted by molar-refractivity contribution is -0.123. The van der Waals surface area contributed by atoms with Gasteiger partial charge in [-0.3, -0.25) is 4.79 Å². The second-order valence-electron chi connectivity index (χ2n) is 7.06. The molecule has 116 valence electrons. The monoisotopic (exact) mass is 305 g/mol. The number of aliphatic hydroxyl groups excluding tert-OH is 1. The van der Waals surface area contributed by atoms with Gasteiger partial charge in [-0.2, -0.15) is 0 Å². The Morgan fingerprint density at radius 2 is 1.70 bits per heavy atom. The first-order chi connectivity index (χ1) is 11.2. The Balaban J connectivity index is 1.34. The molecule has 0 heterocycles. The fourth-order valence-corrected chi connectivity index (χ4v) is 4.72. The Kier molecular flexibility index (Phi) is 2.71. The summed E-state index contributed by atoms with van der Waals surface area (Å²) in [7, 11) is 0. The quantitative estimate of drug-likeness (QED) is 0.896. The van der Waals surface area contributed by atoms with Crippen molar-refractivity contribution in [2.75, 3.05) is 0 Å². The molecule has 0 saturated heterocycles. The largest absolute Gasteiger partial charge is 0.388 e. The van der Waals surface area contributed by atoms with Crippen LogP contribution in [0.1, 0.15) is 46.7 Å². The van der Waals surface area contributed by atoms with Gasteiger partial charge in [-0.05, 0) is 40.5 Å². The Bertz CT molecular complexity index is 800. The van der Waals surface area contributed by atoms with Gasteiger partial charge in [0.15, 0.2) is 0 Å². The lowest BCUT2D eigenvalue weighted by Crippen LogP contribution is -2.30. The van der Waals surface area contributed by atoms with E-state index in [0.717, 1.165) is 17.5 Å². The maximum Gasteiger partial charge on any atom is 0.224 e. The molecule has 0 radical (unpaired) electrons. The van der Waals surface area contributed by atoms with Crippen LogP contribution in [0.5, 0.6) is 0 Å². The highest BCUT2D eigenvalue weighted by molar-refractivity contribution is 5.85. The molecule has 23 heavy (non-hydrogen) atoms. The molecule has 0 spiro atoms. The van der Waals surface area contributed by atoms with E-state index >= 15 is 0 Å². The fraction of sp³-hybridized carbons (Fsp3) is 0.350. The number of hydrogen-bond donors (Lipinski definition) is 2. The highest BCUT2D eigenvalue weighted by Gasteiger charge is 2.59. The number of rotatable bonds is 2. The molecular formula is C20H19NO2. The van der Waals surface area contributed by atoms with Gasteiger partial charge in [0, 0.05) is 12.3 Å². The van der Waals surface area contributed by atoms with Gasteiger partial charge < -0.3 is 10.4 Å². The van der Waals surface area contributed by atoms with Crippen molar-refractivity contribution >= 4 is 5.91 Å². The summed E-state index contributed by atoms with van der Waals surface area (Å²) in [4.78, 5) is 12.7. The van der Waals surface area contributed by atoms with Gasteiger partial charge in [-0.1, -0.05) is 48.5 Å². The molecule has 3 nitrogen and oxygen atoms in total.